The Morgan fingerprint density at radius 1 is 1.15 bits per heavy atom. The van der Waals surface area contributed by atoms with Gasteiger partial charge in [0.05, 0.1) is 24.8 Å². The van der Waals surface area contributed by atoms with Crippen molar-refractivity contribution in [1.29, 1.82) is 0 Å². The first-order chi connectivity index (χ1) is 12.3. The van der Waals surface area contributed by atoms with E-state index in [1.807, 2.05) is 18.5 Å². The lowest BCUT2D eigenvalue weighted by atomic mass is 10.1. The number of nitrogens with zero attached hydrogens (tertiary/aromatic N) is 2. The van der Waals surface area contributed by atoms with E-state index >= 15 is 0 Å². The zero-order valence-electron chi connectivity index (χ0n) is 16.0. The summed E-state index contributed by atoms with van der Waals surface area (Å²) in [5.74, 6) is -0.198. The number of carbonyl (C=O) groups is 2. The van der Waals surface area contributed by atoms with E-state index in [1.165, 1.54) is 7.11 Å². The second-order valence-corrected chi connectivity index (χ2v) is 6.75. The number of hydrogen-bond acceptors (Lipinski definition) is 5. The fraction of sp³-hybridized carbons (Fsp3) is 0.450. The lowest BCUT2D eigenvalue weighted by molar-refractivity contribution is -0.144. The number of esters is 2. The van der Waals surface area contributed by atoms with Crippen LogP contribution in [0, 0.1) is 19.8 Å². The van der Waals surface area contributed by atoms with Crippen molar-refractivity contribution >= 4 is 11.9 Å². The zero-order chi connectivity index (χ0) is 19.3. The van der Waals surface area contributed by atoms with E-state index in [4.69, 9.17) is 4.74 Å². The van der Waals surface area contributed by atoms with E-state index in [-0.39, 0.29) is 19.0 Å². The maximum absolute atomic E-state index is 12.2. The minimum absolute atomic E-state index is 0.165. The molecule has 0 N–H and O–H groups in total. The summed E-state index contributed by atoms with van der Waals surface area (Å²) in [4.78, 5) is 23.6. The summed E-state index contributed by atoms with van der Waals surface area (Å²) in [6, 6.07) is 6.80. The van der Waals surface area contributed by atoms with Crippen molar-refractivity contribution in [2.75, 3.05) is 7.11 Å². The molecule has 0 unspecified atom stereocenters. The average molecular weight is 358 g/mol. The van der Waals surface area contributed by atoms with Gasteiger partial charge < -0.3 is 9.47 Å². The lowest BCUT2D eigenvalue weighted by Gasteiger charge is -2.08. The van der Waals surface area contributed by atoms with Gasteiger partial charge in [0.25, 0.3) is 0 Å². The Morgan fingerprint density at radius 3 is 2.38 bits per heavy atom. The van der Waals surface area contributed by atoms with Crippen molar-refractivity contribution in [2.45, 2.75) is 47.3 Å². The zero-order valence-corrected chi connectivity index (χ0v) is 16.0. The molecule has 0 aliphatic carbocycles. The molecule has 0 amide bonds. The Hall–Kier alpha value is -2.63. The molecule has 0 aliphatic rings. The lowest BCUT2D eigenvalue weighted by Crippen LogP contribution is -2.11. The van der Waals surface area contributed by atoms with Crippen LogP contribution < -0.4 is 0 Å². The molecule has 0 saturated carbocycles. The summed E-state index contributed by atoms with van der Waals surface area (Å²) in [6.07, 6.45) is 0.204. The summed E-state index contributed by atoms with van der Waals surface area (Å²) < 4.78 is 12.0. The van der Waals surface area contributed by atoms with Crippen LogP contribution in [0.5, 0.6) is 0 Å². The fourth-order valence-corrected chi connectivity index (χ4v) is 2.73. The van der Waals surface area contributed by atoms with Crippen LogP contribution in [0.2, 0.25) is 0 Å². The number of methoxy groups -OCH3 is 1. The van der Waals surface area contributed by atoms with Crippen molar-refractivity contribution in [3.8, 4) is 0 Å². The van der Waals surface area contributed by atoms with Crippen LogP contribution in [0.4, 0.5) is 0 Å². The van der Waals surface area contributed by atoms with Gasteiger partial charge in [0.2, 0.25) is 0 Å². The molecular formula is C20H26N2O4. The van der Waals surface area contributed by atoms with Gasteiger partial charge in [-0.3, -0.25) is 9.48 Å². The summed E-state index contributed by atoms with van der Waals surface area (Å²) in [7, 11) is 1.34. The van der Waals surface area contributed by atoms with Crippen molar-refractivity contribution in [3.05, 3.63) is 52.3 Å². The second kappa shape index (κ2) is 8.65. The van der Waals surface area contributed by atoms with E-state index < -0.39 is 5.97 Å². The first kappa shape index (κ1) is 19.7. The Bertz CT molecular complexity index is 776. The highest BCUT2D eigenvalue weighted by atomic mass is 16.5. The monoisotopic (exact) mass is 358 g/mol. The van der Waals surface area contributed by atoms with E-state index in [0.29, 0.717) is 11.5 Å². The highest BCUT2D eigenvalue weighted by Gasteiger charge is 2.16. The van der Waals surface area contributed by atoms with Crippen molar-refractivity contribution in [2.24, 2.45) is 5.92 Å². The molecule has 0 saturated heterocycles. The number of benzene rings is 1. The summed E-state index contributed by atoms with van der Waals surface area (Å²) in [6.45, 7) is 9.16. The molecule has 1 aromatic heterocycles. The van der Waals surface area contributed by atoms with Crippen LogP contribution in [0.3, 0.4) is 0 Å². The van der Waals surface area contributed by atoms with Crippen LogP contribution >= 0.6 is 0 Å². The summed E-state index contributed by atoms with van der Waals surface area (Å²) >= 11 is 0. The standard InChI is InChI=1S/C20H26N2O4/c1-13(2)11-22-15(4)18(14(3)21-22)10-19(23)26-12-16-6-8-17(9-7-16)20(24)25-5/h6-9,13H,10-12H2,1-5H3. The third kappa shape index (κ3) is 4.94. The quantitative estimate of drug-likeness (QED) is 0.711. The smallest absolute Gasteiger partial charge is 0.337 e. The molecule has 6 heteroatoms. The van der Waals surface area contributed by atoms with Crippen LogP contribution in [0.15, 0.2) is 24.3 Å². The van der Waals surface area contributed by atoms with Gasteiger partial charge in [-0.15, -0.1) is 0 Å². The van der Waals surface area contributed by atoms with E-state index in [2.05, 4.69) is 23.7 Å². The molecule has 1 aromatic carbocycles. The molecule has 26 heavy (non-hydrogen) atoms. The molecule has 0 spiro atoms. The second-order valence-electron chi connectivity index (χ2n) is 6.75. The van der Waals surface area contributed by atoms with Gasteiger partial charge in [-0.2, -0.15) is 5.10 Å². The van der Waals surface area contributed by atoms with Gasteiger partial charge in [-0.1, -0.05) is 26.0 Å². The SMILES string of the molecule is COC(=O)c1ccc(COC(=O)Cc2c(C)nn(CC(C)C)c2C)cc1. The molecule has 2 aromatic rings. The minimum Gasteiger partial charge on any atom is -0.465 e. The number of aromatic nitrogens is 2. The number of aryl methyl sites for hydroxylation is 1. The van der Waals surface area contributed by atoms with Crippen LogP contribution in [0.1, 0.15) is 46.7 Å². The average Bonchev–Trinajstić information content (AvgIpc) is 2.86. The number of rotatable bonds is 7. The number of carbonyl (C=O) groups excluding carboxylic acids is 2. The predicted molar refractivity (Wildman–Crippen MR) is 97.8 cm³/mol. The molecular weight excluding hydrogens is 332 g/mol. The molecule has 0 radical (unpaired) electrons. The predicted octanol–water partition coefficient (Wildman–Crippen LogP) is 3.23. The summed E-state index contributed by atoms with van der Waals surface area (Å²) in [5, 5.41) is 4.52. The van der Waals surface area contributed by atoms with Gasteiger partial charge in [-0.25, -0.2) is 4.79 Å². The maximum Gasteiger partial charge on any atom is 0.337 e. The fourth-order valence-electron chi connectivity index (χ4n) is 2.73. The molecule has 2 rings (SSSR count). The molecule has 1 heterocycles. The van der Waals surface area contributed by atoms with Gasteiger partial charge >= 0.3 is 11.9 Å². The highest BCUT2D eigenvalue weighted by Crippen LogP contribution is 2.16. The van der Waals surface area contributed by atoms with E-state index in [9.17, 15) is 9.59 Å². The molecule has 0 aliphatic heterocycles. The van der Waals surface area contributed by atoms with Crippen LogP contribution in [-0.2, 0) is 33.8 Å². The van der Waals surface area contributed by atoms with Crippen molar-refractivity contribution in [1.82, 2.24) is 9.78 Å². The van der Waals surface area contributed by atoms with Gasteiger partial charge in [0.15, 0.2) is 0 Å². The Labute approximate surface area is 154 Å². The molecule has 140 valence electrons. The Morgan fingerprint density at radius 2 is 1.81 bits per heavy atom. The third-order valence-corrected chi connectivity index (χ3v) is 4.17. The van der Waals surface area contributed by atoms with Crippen LogP contribution in [-0.4, -0.2) is 28.8 Å². The van der Waals surface area contributed by atoms with Gasteiger partial charge in [-0.05, 0) is 37.5 Å². The Balaban J connectivity index is 1.95. The first-order valence-electron chi connectivity index (χ1n) is 8.67. The third-order valence-electron chi connectivity index (χ3n) is 4.17. The molecule has 6 nitrogen and oxygen atoms in total. The first-order valence-corrected chi connectivity index (χ1v) is 8.67. The molecule has 0 fully saturated rings. The highest BCUT2D eigenvalue weighted by molar-refractivity contribution is 5.89. The van der Waals surface area contributed by atoms with E-state index in [0.717, 1.165) is 29.1 Å². The number of hydrogen-bond donors (Lipinski definition) is 0. The molecule has 0 atom stereocenters. The normalized spacial score (nSPS) is 10.8. The largest absolute Gasteiger partial charge is 0.465 e. The summed E-state index contributed by atoms with van der Waals surface area (Å²) in [5.41, 5.74) is 4.08. The van der Waals surface area contributed by atoms with Crippen LogP contribution in [0.25, 0.3) is 0 Å². The van der Waals surface area contributed by atoms with Crippen molar-refractivity contribution in [3.63, 3.8) is 0 Å². The van der Waals surface area contributed by atoms with Crippen molar-refractivity contribution < 1.29 is 19.1 Å². The topological polar surface area (TPSA) is 70.4 Å². The maximum atomic E-state index is 12.2. The van der Waals surface area contributed by atoms with Gasteiger partial charge in [0, 0.05) is 17.8 Å². The van der Waals surface area contributed by atoms with E-state index in [1.54, 1.807) is 24.3 Å². The van der Waals surface area contributed by atoms with Gasteiger partial charge in [0.1, 0.15) is 6.61 Å². The minimum atomic E-state index is -0.391. The number of ether oxygens (including phenoxy) is 2. The molecule has 0 bridgehead atoms. The Kier molecular flexibility index (Phi) is 6.55.